The first kappa shape index (κ1) is 28.5. The molecule has 0 amide bonds. The summed E-state index contributed by atoms with van der Waals surface area (Å²) in [6, 6.07) is 0. The second-order valence-electron chi connectivity index (χ2n) is 6.67. The van der Waals surface area contributed by atoms with E-state index in [4.69, 9.17) is 28.8 Å². The van der Waals surface area contributed by atoms with Crippen molar-refractivity contribution < 1.29 is 43.2 Å². The molecule has 0 unspecified atom stereocenters. The number of esters is 1. The minimum Gasteiger partial charge on any atom is -0.476 e. The summed E-state index contributed by atoms with van der Waals surface area (Å²) in [5, 5.41) is 8.39. The van der Waals surface area contributed by atoms with Crippen molar-refractivity contribution in [3.8, 4) is 0 Å². The van der Waals surface area contributed by atoms with E-state index in [0.717, 1.165) is 13.0 Å². The van der Waals surface area contributed by atoms with Gasteiger partial charge in [0.1, 0.15) is 6.61 Å². The van der Waals surface area contributed by atoms with E-state index in [9.17, 15) is 14.4 Å². The van der Waals surface area contributed by atoms with E-state index in [1.807, 2.05) is 0 Å². The van der Waals surface area contributed by atoms with Crippen molar-refractivity contribution in [2.45, 2.75) is 58.3 Å². The van der Waals surface area contributed by atoms with Gasteiger partial charge in [-0.15, -0.1) is 0 Å². The molecule has 30 heavy (non-hydrogen) atoms. The Labute approximate surface area is 179 Å². The number of carboxylic acid groups (broad SMARTS) is 1. The minimum absolute atomic E-state index is 0.0436. The molecule has 0 radical (unpaired) electrons. The average molecular weight is 435 g/mol. The van der Waals surface area contributed by atoms with Crippen molar-refractivity contribution in [2.24, 2.45) is 0 Å². The Hall–Kier alpha value is -1.55. The largest absolute Gasteiger partial charge is 0.476 e. The second-order valence-corrected chi connectivity index (χ2v) is 6.67. The van der Waals surface area contributed by atoms with E-state index in [2.05, 4.69) is 6.92 Å². The van der Waals surface area contributed by atoms with Crippen LogP contribution in [0.1, 0.15) is 58.3 Å². The van der Waals surface area contributed by atoms with Crippen LogP contribution in [0.4, 0.5) is 0 Å². The summed E-state index contributed by atoms with van der Waals surface area (Å²) >= 11 is 0. The fraction of sp³-hybridized carbons (Fsp3) is 0.857. The summed E-state index contributed by atoms with van der Waals surface area (Å²) in [6.45, 7) is 6.12. The number of hydrogen-bond donors (Lipinski definition) is 1. The number of carboxylic acids is 1. The maximum absolute atomic E-state index is 11.3. The molecule has 0 rings (SSSR count). The first-order valence-corrected chi connectivity index (χ1v) is 10.8. The van der Waals surface area contributed by atoms with Crippen LogP contribution in [0.3, 0.4) is 0 Å². The molecule has 9 nitrogen and oxygen atoms in total. The van der Waals surface area contributed by atoms with Gasteiger partial charge >= 0.3 is 11.9 Å². The Kier molecular flexibility index (Phi) is 21.0. The molecule has 0 aromatic rings. The van der Waals surface area contributed by atoms with Gasteiger partial charge in [-0.2, -0.15) is 0 Å². The minimum atomic E-state index is -1.55. The Balaban J connectivity index is 3.17. The van der Waals surface area contributed by atoms with E-state index in [1.54, 1.807) is 0 Å². The van der Waals surface area contributed by atoms with E-state index < -0.39 is 17.7 Å². The van der Waals surface area contributed by atoms with Gasteiger partial charge in [0, 0.05) is 13.0 Å². The summed E-state index contributed by atoms with van der Waals surface area (Å²) in [5.74, 6) is -3.18. The lowest BCUT2D eigenvalue weighted by atomic mass is 10.1. The third kappa shape index (κ3) is 21.2. The van der Waals surface area contributed by atoms with Crippen molar-refractivity contribution in [3.63, 3.8) is 0 Å². The van der Waals surface area contributed by atoms with Gasteiger partial charge in [-0.05, 0) is 6.42 Å². The first-order chi connectivity index (χ1) is 14.6. The van der Waals surface area contributed by atoms with Crippen LogP contribution in [0.25, 0.3) is 0 Å². The number of rotatable bonds is 23. The number of unbranched alkanes of at least 4 members (excludes halogenated alkanes) is 5. The van der Waals surface area contributed by atoms with Crippen LogP contribution in [0.15, 0.2) is 0 Å². The lowest BCUT2D eigenvalue weighted by Gasteiger charge is -2.08. The van der Waals surface area contributed by atoms with E-state index in [-0.39, 0.29) is 26.1 Å². The topological polar surface area (TPSA) is 118 Å². The molecule has 9 heteroatoms. The van der Waals surface area contributed by atoms with Gasteiger partial charge in [0.2, 0.25) is 5.78 Å². The predicted octanol–water partition coefficient (Wildman–Crippen LogP) is 2.39. The molecule has 0 aliphatic carbocycles. The Morgan fingerprint density at radius 1 is 0.600 bits per heavy atom. The maximum Gasteiger partial charge on any atom is 0.372 e. The molecule has 0 atom stereocenters. The summed E-state index contributed by atoms with van der Waals surface area (Å²) in [6.07, 6.45) is 6.91. The Morgan fingerprint density at radius 2 is 1.07 bits per heavy atom. The maximum atomic E-state index is 11.3. The summed E-state index contributed by atoms with van der Waals surface area (Å²) < 4.78 is 26.3. The molecule has 0 saturated carbocycles. The number of aliphatic carboxylic acids is 1. The number of Topliss-reactive ketones (excluding diaryl/α,β-unsaturated/α-hetero) is 1. The van der Waals surface area contributed by atoms with Gasteiger partial charge < -0.3 is 28.8 Å². The van der Waals surface area contributed by atoms with Crippen LogP contribution in [0.5, 0.6) is 0 Å². The highest BCUT2D eigenvalue weighted by Gasteiger charge is 2.14. The molecule has 0 spiro atoms. The summed E-state index contributed by atoms with van der Waals surface area (Å²) in [4.78, 5) is 32.4. The van der Waals surface area contributed by atoms with Gasteiger partial charge in [-0.25, -0.2) is 4.79 Å². The monoisotopic (exact) mass is 434 g/mol. The molecule has 0 saturated heterocycles. The highest BCUT2D eigenvalue weighted by molar-refractivity contribution is 6.32. The molecule has 1 N–H and O–H groups in total. The van der Waals surface area contributed by atoms with Crippen molar-refractivity contribution in [2.75, 3.05) is 59.5 Å². The van der Waals surface area contributed by atoms with Crippen molar-refractivity contribution in [1.82, 2.24) is 0 Å². The molecular formula is C21H38O9. The Bertz CT molecular complexity index is 440. The SMILES string of the molecule is CCCCCCCCOCCOCCOCCOCCOC(=O)CCC(=O)C(=O)O. The number of hydrogen-bond acceptors (Lipinski definition) is 8. The number of ether oxygens (including phenoxy) is 5. The summed E-state index contributed by atoms with van der Waals surface area (Å²) in [5.41, 5.74) is 0. The summed E-state index contributed by atoms with van der Waals surface area (Å²) in [7, 11) is 0. The molecule has 0 bridgehead atoms. The van der Waals surface area contributed by atoms with Gasteiger partial charge in [0.05, 0.1) is 52.7 Å². The van der Waals surface area contributed by atoms with Gasteiger partial charge in [0.15, 0.2) is 0 Å². The first-order valence-electron chi connectivity index (χ1n) is 10.8. The predicted molar refractivity (Wildman–Crippen MR) is 109 cm³/mol. The average Bonchev–Trinajstić information content (AvgIpc) is 2.73. The third-order valence-corrected chi connectivity index (χ3v) is 4.04. The van der Waals surface area contributed by atoms with Crippen molar-refractivity contribution in [1.29, 1.82) is 0 Å². The highest BCUT2D eigenvalue weighted by Crippen LogP contribution is 2.04. The standard InChI is InChI=1S/C21H38O9/c1-2-3-4-5-6-7-10-26-11-12-27-13-14-28-15-16-29-17-18-30-20(23)9-8-19(22)21(24)25/h2-18H2,1H3,(H,24,25). The quantitative estimate of drug-likeness (QED) is 0.147. The lowest BCUT2D eigenvalue weighted by Crippen LogP contribution is -2.17. The second kappa shape index (κ2) is 22.1. The number of ketones is 1. The smallest absolute Gasteiger partial charge is 0.372 e. The highest BCUT2D eigenvalue weighted by atomic mass is 16.6. The van der Waals surface area contributed by atoms with Crippen LogP contribution in [-0.2, 0) is 38.1 Å². The molecule has 0 aliphatic rings. The van der Waals surface area contributed by atoms with E-state index >= 15 is 0 Å². The van der Waals surface area contributed by atoms with Gasteiger partial charge in [-0.1, -0.05) is 39.0 Å². The molecule has 0 heterocycles. The van der Waals surface area contributed by atoms with Crippen LogP contribution in [0, 0.1) is 0 Å². The van der Waals surface area contributed by atoms with Crippen LogP contribution < -0.4 is 0 Å². The van der Waals surface area contributed by atoms with Crippen molar-refractivity contribution in [3.05, 3.63) is 0 Å². The zero-order chi connectivity index (χ0) is 22.3. The molecule has 0 aromatic heterocycles. The fourth-order valence-electron chi connectivity index (χ4n) is 2.36. The normalized spacial score (nSPS) is 10.8. The Morgan fingerprint density at radius 3 is 1.60 bits per heavy atom. The van der Waals surface area contributed by atoms with E-state index in [0.29, 0.717) is 39.6 Å². The lowest BCUT2D eigenvalue weighted by molar-refractivity contribution is -0.151. The van der Waals surface area contributed by atoms with Gasteiger partial charge in [0.25, 0.3) is 0 Å². The molecular weight excluding hydrogens is 396 g/mol. The molecule has 176 valence electrons. The number of carbonyl (C=O) groups excluding carboxylic acids is 2. The zero-order valence-electron chi connectivity index (χ0n) is 18.2. The van der Waals surface area contributed by atoms with Crippen molar-refractivity contribution >= 4 is 17.7 Å². The van der Waals surface area contributed by atoms with Gasteiger partial charge in [-0.3, -0.25) is 9.59 Å². The van der Waals surface area contributed by atoms with Crippen LogP contribution in [0.2, 0.25) is 0 Å². The number of carbonyl (C=O) groups is 3. The third-order valence-electron chi connectivity index (χ3n) is 4.04. The fourth-order valence-corrected chi connectivity index (χ4v) is 2.36. The van der Waals surface area contributed by atoms with Crippen LogP contribution in [-0.4, -0.2) is 82.3 Å². The molecule has 0 fully saturated rings. The molecule has 0 aliphatic heterocycles. The molecule has 0 aromatic carbocycles. The van der Waals surface area contributed by atoms with E-state index in [1.165, 1.54) is 32.1 Å². The van der Waals surface area contributed by atoms with Crippen LogP contribution >= 0.6 is 0 Å². The zero-order valence-corrected chi connectivity index (χ0v) is 18.2.